The van der Waals surface area contributed by atoms with Gasteiger partial charge in [0.05, 0.1) is 0 Å². The van der Waals surface area contributed by atoms with Crippen LogP contribution >= 0.6 is 0 Å². The molecule has 2 aliphatic heterocycles. The third-order valence-electron chi connectivity index (χ3n) is 5.95. The maximum Gasteiger partial charge on any atom is 0.224 e. The second-order valence-electron chi connectivity index (χ2n) is 8.00. The summed E-state index contributed by atoms with van der Waals surface area (Å²) in [5, 5.41) is 2.95. The minimum Gasteiger partial charge on any atom is -0.343 e. The smallest absolute Gasteiger partial charge is 0.224 e. The van der Waals surface area contributed by atoms with Crippen LogP contribution in [-0.4, -0.2) is 29.8 Å². The van der Waals surface area contributed by atoms with Crippen LogP contribution in [-0.2, 0) is 22.4 Å². The van der Waals surface area contributed by atoms with Crippen LogP contribution in [0.15, 0.2) is 48.5 Å². The fourth-order valence-electron chi connectivity index (χ4n) is 4.35. The van der Waals surface area contributed by atoms with Crippen molar-refractivity contribution in [1.29, 1.82) is 0 Å². The van der Waals surface area contributed by atoms with Gasteiger partial charge in [-0.25, -0.2) is 0 Å². The molecule has 28 heavy (non-hydrogen) atoms. The van der Waals surface area contributed by atoms with Gasteiger partial charge in [0.15, 0.2) is 0 Å². The number of anilines is 1. The molecule has 4 rings (SSSR count). The number of carbonyl (C=O) groups is 2. The lowest BCUT2D eigenvalue weighted by atomic mass is 9.86. The van der Waals surface area contributed by atoms with E-state index in [0.29, 0.717) is 12.8 Å². The largest absolute Gasteiger partial charge is 0.343 e. The SMILES string of the molecule is O=C1CCc2cc([C@@H](CC(=O)N3CCCCC3)Cc3ccccc3)ccc2N1. The molecule has 0 unspecified atom stereocenters. The minimum atomic E-state index is 0.0846. The molecule has 0 bridgehead atoms. The Morgan fingerprint density at radius 1 is 1.00 bits per heavy atom. The molecule has 0 saturated carbocycles. The molecular weight excluding hydrogens is 348 g/mol. The van der Waals surface area contributed by atoms with Gasteiger partial charge >= 0.3 is 0 Å². The molecule has 4 heteroatoms. The van der Waals surface area contributed by atoms with Gasteiger partial charge in [0, 0.05) is 31.6 Å². The maximum absolute atomic E-state index is 13.0. The zero-order valence-electron chi connectivity index (χ0n) is 16.3. The van der Waals surface area contributed by atoms with E-state index in [9.17, 15) is 9.59 Å². The topological polar surface area (TPSA) is 49.4 Å². The molecule has 2 aromatic carbocycles. The quantitative estimate of drug-likeness (QED) is 0.846. The number of amides is 2. The average Bonchev–Trinajstić information content (AvgIpc) is 2.74. The molecule has 0 aromatic heterocycles. The second-order valence-corrected chi connectivity index (χ2v) is 8.00. The highest BCUT2D eigenvalue weighted by atomic mass is 16.2. The van der Waals surface area contributed by atoms with E-state index in [-0.39, 0.29) is 17.7 Å². The number of piperidine rings is 1. The van der Waals surface area contributed by atoms with Crippen molar-refractivity contribution in [2.45, 2.75) is 50.9 Å². The highest BCUT2D eigenvalue weighted by Gasteiger charge is 2.24. The van der Waals surface area contributed by atoms with E-state index in [1.165, 1.54) is 23.1 Å². The summed E-state index contributed by atoms with van der Waals surface area (Å²) in [6.07, 6.45) is 6.17. The number of likely N-dealkylation sites (tertiary alicyclic amines) is 1. The van der Waals surface area contributed by atoms with E-state index in [0.717, 1.165) is 44.5 Å². The first kappa shape index (κ1) is 18.7. The molecule has 2 aromatic rings. The van der Waals surface area contributed by atoms with E-state index in [1.54, 1.807) is 0 Å². The predicted octanol–water partition coefficient (Wildman–Crippen LogP) is 4.30. The number of nitrogens with zero attached hydrogens (tertiary/aromatic N) is 1. The Labute approximate surface area is 166 Å². The summed E-state index contributed by atoms with van der Waals surface area (Å²) in [6, 6.07) is 16.7. The molecule has 1 N–H and O–H groups in total. The molecule has 0 radical (unpaired) electrons. The zero-order valence-corrected chi connectivity index (χ0v) is 16.3. The number of hydrogen-bond donors (Lipinski definition) is 1. The van der Waals surface area contributed by atoms with E-state index in [4.69, 9.17) is 0 Å². The van der Waals surface area contributed by atoms with Gasteiger partial charge in [-0.05, 0) is 60.8 Å². The van der Waals surface area contributed by atoms with Gasteiger partial charge in [-0.3, -0.25) is 9.59 Å². The Kier molecular flexibility index (Phi) is 5.75. The van der Waals surface area contributed by atoms with Gasteiger partial charge < -0.3 is 10.2 Å². The van der Waals surface area contributed by atoms with Crippen molar-refractivity contribution in [2.24, 2.45) is 0 Å². The standard InChI is InChI=1S/C24H28N2O2/c27-23-12-10-20-16-19(9-11-22(20)25-23)21(15-18-7-3-1-4-8-18)17-24(28)26-13-5-2-6-14-26/h1,3-4,7-9,11,16,21H,2,5-6,10,12-15,17H2,(H,25,27)/t21-/m1/s1. The van der Waals surface area contributed by atoms with Crippen LogP contribution in [0.1, 0.15) is 54.7 Å². The van der Waals surface area contributed by atoms with Gasteiger partial charge in [0.2, 0.25) is 11.8 Å². The summed E-state index contributed by atoms with van der Waals surface area (Å²) in [7, 11) is 0. The van der Waals surface area contributed by atoms with E-state index in [1.807, 2.05) is 17.0 Å². The molecule has 1 fully saturated rings. The van der Waals surface area contributed by atoms with Crippen molar-refractivity contribution in [3.05, 3.63) is 65.2 Å². The number of aryl methyl sites for hydroxylation is 1. The lowest BCUT2D eigenvalue weighted by Crippen LogP contribution is -2.36. The van der Waals surface area contributed by atoms with Crippen molar-refractivity contribution in [1.82, 2.24) is 4.90 Å². The molecule has 2 heterocycles. The molecule has 1 saturated heterocycles. The molecule has 0 spiro atoms. The number of benzene rings is 2. The van der Waals surface area contributed by atoms with Crippen molar-refractivity contribution < 1.29 is 9.59 Å². The van der Waals surface area contributed by atoms with Crippen molar-refractivity contribution in [3.8, 4) is 0 Å². The summed E-state index contributed by atoms with van der Waals surface area (Å²) in [5.41, 5.74) is 4.55. The number of hydrogen-bond acceptors (Lipinski definition) is 2. The lowest BCUT2D eigenvalue weighted by Gasteiger charge is -2.29. The first-order chi connectivity index (χ1) is 13.7. The Balaban J connectivity index is 1.57. The van der Waals surface area contributed by atoms with Crippen molar-refractivity contribution in [2.75, 3.05) is 18.4 Å². The number of rotatable bonds is 5. The van der Waals surface area contributed by atoms with Gasteiger partial charge in [0.25, 0.3) is 0 Å². The molecule has 1 atom stereocenters. The number of carbonyl (C=O) groups excluding carboxylic acids is 2. The average molecular weight is 376 g/mol. The summed E-state index contributed by atoms with van der Waals surface area (Å²) in [5.74, 6) is 0.507. The Bertz CT molecular complexity index is 841. The van der Waals surface area contributed by atoms with Crippen LogP contribution in [0, 0.1) is 0 Å². The first-order valence-electron chi connectivity index (χ1n) is 10.4. The van der Waals surface area contributed by atoms with Crippen molar-refractivity contribution >= 4 is 17.5 Å². The predicted molar refractivity (Wildman–Crippen MR) is 111 cm³/mol. The number of nitrogens with one attached hydrogen (secondary N) is 1. The highest BCUT2D eigenvalue weighted by molar-refractivity contribution is 5.93. The van der Waals surface area contributed by atoms with Gasteiger partial charge in [-0.15, -0.1) is 0 Å². The van der Waals surface area contributed by atoms with E-state index >= 15 is 0 Å². The zero-order chi connectivity index (χ0) is 19.3. The molecule has 146 valence electrons. The van der Waals surface area contributed by atoms with E-state index < -0.39 is 0 Å². The van der Waals surface area contributed by atoms with Gasteiger partial charge in [-0.1, -0.05) is 42.5 Å². The van der Waals surface area contributed by atoms with Crippen LogP contribution in [0.25, 0.3) is 0 Å². The third kappa shape index (κ3) is 4.44. The molecule has 2 aliphatic rings. The van der Waals surface area contributed by atoms with Crippen LogP contribution < -0.4 is 5.32 Å². The van der Waals surface area contributed by atoms with Crippen LogP contribution in [0.4, 0.5) is 5.69 Å². The van der Waals surface area contributed by atoms with Gasteiger partial charge in [0.1, 0.15) is 0 Å². The van der Waals surface area contributed by atoms with Crippen LogP contribution in [0.3, 0.4) is 0 Å². The first-order valence-corrected chi connectivity index (χ1v) is 10.4. The normalized spacial score (nSPS) is 17.6. The Hall–Kier alpha value is -2.62. The molecule has 4 nitrogen and oxygen atoms in total. The van der Waals surface area contributed by atoms with Gasteiger partial charge in [-0.2, -0.15) is 0 Å². The summed E-state index contributed by atoms with van der Waals surface area (Å²) < 4.78 is 0. The Morgan fingerprint density at radius 2 is 1.79 bits per heavy atom. The molecule has 2 amide bonds. The summed E-state index contributed by atoms with van der Waals surface area (Å²) in [4.78, 5) is 26.7. The summed E-state index contributed by atoms with van der Waals surface area (Å²) >= 11 is 0. The van der Waals surface area contributed by atoms with Crippen LogP contribution in [0.2, 0.25) is 0 Å². The third-order valence-corrected chi connectivity index (χ3v) is 5.95. The fourth-order valence-corrected chi connectivity index (χ4v) is 4.35. The molecule has 0 aliphatic carbocycles. The lowest BCUT2D eigenvalue weighted by molar-refractivity contribution is -0.132. The highest BCUT2D eigenvalue weighted by Crippen LogP contribution is 2.31. The van der Waals surface area contributed by atoms with Crippen LogP contribution in [0.5, 0.6) is 0 Å². The second kappa shape index (κ2) is 8.59. The molecular formula is C24H28N2O2. The van der Waals surface area contributed by atoms with E-state index in [2.05, 4.69) is 41.7 Å². The number of fused-ring (bicyclic) bond motifs is 1. The minimum absolute atomic E-state index is 0.0846. The Morgan fingerprint density at radius 3 is 2.57 bits per heavy atom. The summed E-state index contributed by atoms with van der Waals surface area (Å²) in [6.45, 7) is 1.79. The van der Waals surface area contributed by atoms with Crippen molar-refractivity contribution in [3.63, 3.8) is 0 Å². The monoisotopic (exact) mass is 376 g/mol. The fraction of sp³-hybridized carbons (Fsp3) is 0.417. The maximum atomic E-state index is 13.0.